The monoisotopic (exact) mass is 448 g/mol. The quantitative estimate of drug-likeness (QED) is 0.290. The molecule has 6 rings (SSSR count). The number of nitrogens with zero attached hydrogens (tertiary/aromatic N) is 6. The average Bonchev–Trinajstić information content (AvgIpc) is 3.29. The van der Waals surface area contributed by atoms with Crippen LogP contribution in [0.4, 0.5) is 4.39 Å². The average molecular weight is 448 g/mol. The third-order valence-corrected chi connectivity index (χ3v) is 5.79. The van der Waals surface area contributed by atoms with E-state index in [1.54, 1.807) is 53.6 Å². The molecule has 0 bridgehead atoms. The zero-order valence-corrected chi connectivity index (χ0v) is 18.1. The van der Waals surface area contributed by atoms with Gasteiger partial charge in [0, 0.05) is 64.7 Å². The molecule has 0 amide bonds. The molecule has 0 N–H and O–H groups in total. The van der Waals surface area contributed by atoms with Crippen molar-refractivity contribution in [2.75, 3.05) is 0 Å². The fourth-order valence-corrected chi connectivity index (χ4v) is 4.16. The maximum absolute atomic E-state index is 14.7. The summed E-state index contributed by atoms with van der Waals surface area (Å²) in [7, 11) is 1.86. The largest absolute Gasteiger partial charge is 0.619 e. The molecule has 34 heavy (non-hydrogen) atoms. The number of rotatable bonds is 3. The van der Waals surface area contributed by atoms with Crippen LogP contribution < -0.4 is 4.73 Å². The molecule has 164 valence electrons. The van der Waals surface area contributed by atoms with E-state index in [4.69, 9.17) is 0 Å². The number of benzene rings is 1. The van der Waals surface area contributed by atoms with Gasteiger partial charge in [0.1, 0.15) is 5.82 Å². The molecule has 0 unspecified atom stereocenters. The number of halogens is 1. The molecule has 8 heteroatoms. The topological polar surface area (TPSA) is 83.4 Å². The van der Waals surface area contributed by atoms with E-state index in [1.807, 2.05) is 25.4 Å². The van der Waals surface area contributed by atoms with Crippen molar-refractivity contribution in [2.45, 2.75) is 0 Å². The summed E-state index contributed by atoms with van der Waals surface area (Å²) in [5.41, 5.74) is 4.50. The lowest BCUT2D eigenvalue weighted by atomic mass is 9.98. The molecule has 0 radical (unpaired) electrons. The van der Waals surface area contributed by atoms with Crippen LogP contribution in [0.15, 0.2) is 85.7 Å². The molecule has 0 aliphatic rings. The number of hydrogen-bond acceptors (Lipinski definition) is 5. The molecule has 5 aromatic heterocycles. The lowest BCUT2D eigenvalue weighted by Crippen LogP contribution is -2.23. The first-order valence-corrected chi connectivity index (χ1v) is 10.6. The van der Waals surface area contributed by atoms with E-state index in [1.165, 1.54) is 18.5 Å². The van der Waals surface area contributed by atoms with Crippen molar-refractivity contribution in [2.24, 2.45) is 7.05 Å². The van der Waals surface area contributed by atoms with Gasteiger partial charge in [-0.1, -0.05) is 12.1 Å². The maximum atomic E-state index is 14.7. The van der Waals surface area contributed by atoms with Crippen molar-refractivity contribution in [1.29, 1.82) is 0 Å². The lowest BCUT2D eigenvalue weighted by Gasteiger charge is -2.12. The zero-order chi connectivity index (χ0) is 23.2. The molecule has 0 fully saturated rings. The standard InChI is InChI=1S/C26H17FN6O/c1-32-14-18(13-30-32)17-10-22-21(25-19-7-9-33(34)15-16(19)6-8-28-25)11-24(31-26(22)29-12-17)20-4-2-3-5-23(20)27/h2-15H,1H3. The highest BCUT2D eigenvalue weighted by Crippen LogP contribution is 2.36. The Bertz CT molecular complexity index is 1710. The first-order chi connectivity index (χ1) is 16.6. The first kappa shape index (κ1) is 19.9. The van der Waals surface area contributed by atoms with E-state index in [2.05, 4.69) is 20.1 Å². The summed E-state index contributed by atoms with van der Waals surface area (Å²) in [4.78, 5) is 13.9. The Labute approximate surface area is 193 Å². The number of hydrogen-bond donors (Lipinski definition) is 0. The molecule has 5 heterocycles. The summed E-state index contributed by atoms with van der Waals surface area (Å²) in [6.07, 6.45) is 10.0. The van der Waals surface area contributed by atoms with Crippen molar-refractivity contribution in [3.05, 3.63) is 96.7 Å². The van der Waals surface area contributed by atoms with Crippen molar-refractivity contribution in [3.8, 4) is 33.6 Å². The van der Waals surface area contributed by atoms with Crippen LogP contribution in [0.2, 0.25) is 0 Å². The van der Waals surface area contributed by atoms with E-state index < -0.39 is 0 Å². The van der Waals surface area contributed by atoms with Gasteiger partial charge < -0.3 is 5.21 Å². The minimum absolute atomic E-state index is 0.370. The predicted octanol–water partition coefficient (Wildman–Crippen LogP) is 4.69. The van der Waals surface area contributed by atoms with E-state index in [-0.39, 0.29) is 5.82 Å². The lowest BCUT2D eigenvalue weighted by molar-refractivity contribution is -0.603. The van der Waals surface area contributed by atoms with Crippen LogP contribution in [0.5, 0.6) is 0 Å². The SMILES string of the molecule is Cn1cc(-c2cnc3nc(-c4ccccc4F)cc(-c4nccc5c[n+]([O-])ccc45)c3c2)cn1. The van der Waals surface area contributed by atoms with E-state index in [0.717, 1.165) is 37.6 Å². The summed E-state index contributed by atoms with van der Waals surface area (Å²) in [6.45, 7) is 0. The van der Waals surface area contributed by atoms with Gasteiger partial charge in [0.15, 0.2) is 18.0 Å². The molecule has 0 aliphatic heterocycles. The van der Waals surface area contributed by atoms with Crippen LogP contribution >= 0.6 is 0 Å². The second kappa shape index (κ2) is 7.70. The second-order valence-electron chi connectivity index (χ2n) is 8.00. The molecule has 0 aliphatic carbocycles. The smallest absolute Gasteiger partial charge is 0.188 e. The predicted molar refractivity (Wildman–Crippen MR) is 127 cm³/mol. The van der Waals surface area contributed by atoms with Crippen LogP contribution in [0, 0.1) is 11.0 Å². The summed E-state index contributed by atoms with van der Waals surface area (Å²) in [5, 5.41) is 18.4. The Morgan fingerprint density at radius 2 is 1.82 bits per heavy atom. The van der Waals surface area contributed by atoms with Gasteiger partial charge in [0.25, 0.3) is 0 Å². The molecule has 0 spiro atoms. The fraction of sp³-hybridized carbons (Fsp3) is 0.0385. The van der Waals surface area contributed by atoms with Crippen LogP contribution in [0.1, 0.15) is 0 Å². The maximum Gasteiger partial charge on any atom is 0.188 e. The Kier molecular flexibility index (Phi) is 4.51. The second-order valence-corrected chi connectivity index (χ2v) is 8.00. The molecule has 1 aromatic carbocycles. The van der Waals surface area contributed by atoms with Gasteiger partial charge in [-0.3, -0.25) is 9.67 Å². The molecular formula is C26H17FN6O. The van der Waals surface area contributed by atoms with E-state index in [9.17, 15) is 9.60 Å². The van der Waals surface area contributed by atoms with Gasteiger partial charge in [0.05, 0.1) is 23.0 Å². The Morgan fingerprint density at radius 3 is 2.65 bits per heavy atom. The molecule has 0 saturated heterocycles. The van der Waals surface area contributed by atoms with Gasteiger partial charge in [-0.15, -0.1) is 0 Å². The van der Waals surface area contributed by atoms with Crippen molar-refractivity contribution >= 4 is 21.8 Å². The highest BCUT2D eigenvalue weighted by atomic mass is 19.1. The summed E-state index contributed by atoms with van der Waals surface area (Å²) in [6, 6.07) is 13.8. The molecule has 0 atom stereocenters. The molecular weight excluding hydrogens is 431 g/mol. The number of fused-ring (bicyclic) bond motifs is 2. The number of pyridine rings is 4. The van der Waals surface area contributed by atoms with Gasteiger partial charge in [0.2, 0.25) is 0 Å². The molecule has 0 saturated carbocycles. The van der Waals surface area contributed by atoms with Gasteiger partial charge in [-0.25, -0.2) is 14.4 Å². The van der Waals surface area contributed by atoms with Gasteiger partial charge >= 0.3 is 0 Å². The van der Waals surface area contributed by atoms with Gasteiger partial charge in [-0.2, -0.15) is 9.83 Å². The number of aryl methyl sites for hydroxylation is 1. The Hall–Kier alpha value is -4.72. The van der Waals surface area contributed by atoms with Crippen LogP contribution in [-0.2, 0) is 7.05 Å². The van der Waals surface area contributed by atoms with Crippen molar-refractivity contribution in [1.82, 2.24) is 24.7 Å². The summed E-state index contributed by atoms with van der Waals surface area (Å²) in [5.74, 6) is -0.370. The van der Waals surface area contributed by atoms with Crippen LogP contribution in [0.3, 0.4) is 0 Å². The van der Waals surface area contributed by atoms with E-state index >= 15 is 0 Å². The molecule has 7 nitrogen and oxygen atoms in total. The minimum atomic E-state index is -0.370. The minimum Gasteiger partial charge on any atom is -0.619 e. The van der Waals surface area contributed by atoms with Gasteiger partial charge in [-0.05, 0) is 30.3 Å². The number of aromatic nitrogens is 6. The van der Waals surface area contributed by atoms with Crippen LogP contribution in [0.25, 0.3) is 55.4 Å². The first-order valence-electron chi connectivity index (χ1n) is 10.6. The zero-order valence-electron chi connectivity index (χ0n) is 18.1. The third kappa shape index (κ3) is 3.32. The Balaban J connectivity index is 1.68. The normalized spacial score (nSPS) is 11.4. The van der Waals surface area contributed by atoms with Crippen molar-refractivity contribution in [3.63, 3.8) is 0 Å². The third-order valence-electron chi connectivity index (χ3n) is 5.79. The highest BCUT2D eigenvalue weighted by Gasteiger charge is 2.17. The summed E-state index contributed by atoms with van der Waals surface area (Å²) >= 11 is 0. The fourth-order valence-electron chi connectivity index (χ4n) is 4.16. The van der Waals surface area contributed by atoms with Crippen molar-refractivity contribution < 1.29 is 9.12 Å². The molecule has 6 aromatic rings. The van der Waals surface area contributed by atoms with Crippen LogP contribution in [-0.4, -0.2) is 24.7 Å². The summed E-state index contributed by atoms with van der Waals surface area (Å²) < 4.78 is 17.2. The Morgan fingerprint density at radius 1 is 0.941 bits per heavy atom. The highest BCUT2D eigenvalue weighted by molar-refractivity contribution is 6.03. The van der Waals surface area contributed by atoms with E-state index in [0.29, 0.717) is 22.6 Å².